The number of para-hydroxylation sites is 1. The molecule has 38 heavy (non-hydrogen) atoms. The van der Waals surface area contributed by atoms with Crippen LogP contribution in [0.15, 0.2) is 84.0 Å². The number of carbonyl (C=O) groups is 3. The number of anilines is 1. The monoisotopic (exact) mass is 516 g/mol. The molecule has 3 N–H and O–H groups in total. The Kier molecular flexibility index (Phi) is 9.41. The molecule has 3 aromatic rings. The molecule has 1 saturated heterocycles. The average molecular weight is 517 g/mol. The van der Waals surface area contributed by atoms with E-state index in [9.17, 15) is 14.4 Å². The molecule has 0 bridgehead atoms. The van der Waals surface area contributed by atoms with Crippen LogP contribution in [0.2, 0.25) is 0 Å². The van der Waals surface area contributed by atoms with Crippen LogP contribution in [0.5, 0.6) is 17.2 Å². The molecule has 0 radical (unpaired) electrons. The predicted octanol–water partition coefficient (Wildman–Crippen LogP) is 3.24. The lowest BCUT2D eigenvalue weighted by atomic mass is 10.2. The van der Waals surface area contributed by atoms with Crippen molar-refractivity contribution in [2.45, 2.75) is 18.9 Å². The van der Waals surface area contributed by atoms with Crippen LogP contribution in [0.25, 0.3) is 0 Å². The number of amides is 3. The predicted molar refractivity (Wildman–Crippen MR) is 141 cm³/mol. The van der Waals surface area contributed by atoms with E-state index in [-0.39, 0.29) is 18.6 Å². The maximum absolute atomic E-state index is 12.1. The quantitative estimate of drug-likeness (QED) is 0.216. The molecule has 3 amide bonds. The fourth-order valence-electron chi connectivity index (χ4n) is 3.52. The van der Waals surface area contributed by atoms with E-state index in [4.69, 9.17) is 14.2 Å². The zero-order valence-electron chi connectivity index (χ0n) is 20.6. The molecule has 1 heterocycles. The van der Waals surface area contributed by atoms with Gasteiger partial charge < -0.3 is 24.8 Å². The first-order chi connectivity index (χ1) is 18.5. The summed E-state index contributed by atoms with van der Waals surface area (Å²) in [5.41, 5.74) is 3.28. The van der Waals surface area contributed by atoms with Crippen molar-refractivity contribution in [1.29, 1.82) is 0 Å². The zero-order chi connectivity index (χ0) is 26.6. The van der Waals surface area contributed by atoms with Crippen LogP contribution < -0.4 is 25.5 Å². The summed E-state index contributed by atoms with van der Waals surface area (Å²) in [6.45, 7) is 1.12. The Bertz CT molecular complexity index is 1240. The fraction of sp³-hybridized carbons (Fsp3) is 0.214. The topological polar surface area (TPSA) is 127 Å². The summed E-state index contributed by atoms with van der Waals surface area (Å²) < 4.78 is 16.6. The molecule has 1 aliphatic heterocycles. The normalized spacial score (nSPS) is 14.6. The lowest BCUT2D eigenvalue weighted by molar-refractivity contribution is -0.136. The second-order valence-corrected chi connectivity index (χ2v) is 8.39. The maximum atomic E-state index is 12.1. The van der Waals surface area contributed by atoms with Gasteiger partial charge in [0.1, 0.15) is 17.2 Å². The Balaban J connectivity index is 1.16. The number of ether oxygens (including phenoxy) is 3. The molecule has 1 aliphatic rings. The van der Waals surface area contributed by atoms with E-state index in [1.165, 1.54) is 6.21 Å². The highest BCUT2D eigenvalue weighted by Gasteiger charge is 2.16. The highest BCUT2D eigenvalue weighted by molar-refractivity contribution is 6.39. The number of rotatable bonds is 10. The van der Waals surface area contributed by atoms with E-state index in [0.717, 1.165) is 19.4 Å². The van der Waals surface area contributed by atoms with Crippen LogP contribution in [0.4, 0.5) is 5.69 Å². The first-order valence-electron chi connectivity index (χ1n) is 12.1. The van der Waals surface area contributed by atoms with Gasteiger partial charge in [-0.15, -0.1) is 0 Å². The van der Waals surface area contributed by atoms with Crippen LogP contribution in [-0.2, 0) is 19.1 Å². The Hall–Kier alpha value is -4.70. The van der Waals surface area contributed by atoms with Gasteiger partial charge in [0, 0.05) is 18.8 Å². The van der Waals surface area contributed by atoms with E-state index in [0.29, 0.717) is 35.0 Å². The van der Waals surface area contributed by atoms with Crippen LogP contribution in [-0.4, -0.2) is 49.8 Å². The molecule has 0 aromatic heterocycles. The Morgan fingerprint density at radius 1 is 0.895 bits per heavy atom. The van der Waals surface area contributed by atoms with E-state index < -0.39 is 11.8 Å². The van der Waals surface area contributed by atoms with Gasteiger partial charge >= 0.3 is 11.8 Å². The van der Waals surface area contributed by atoms with Crippen molar-refractivity contribution in [3.63, 3.8) is 0 Å². The van der Waals surface area contributed by atoms with Crippen molar-refractivity contribution in [3.8, 4) is 17.2 Å². The number of hydrogen-bond donors (Lipinski definition) is 3. The van der Waals surface area contributed by atoms with Crippen LogP contribution >= 0.6 is 0 Å². The van der Waals surface area contributed by atoms with Gasteiger partial charge in [-0.2, -0.15) is 5.10 Å². The summed E-state index contributed by atoms with van der Waals surface area (Å²) in [4.78, 5) is 36.1. The molecule has 3 aromatic carbocycles. The van der Waals surface area contributed by atoms with Crippen molar-refractivity contribution < 1.29 is 28.6 Å². The first kappa shape index (κ1) is 26.4. The van der Waals surface area contributed by atoms with Crippen molar-refractivity contribution in [2.75, 3.05) is 25.1 Å². The minimum atomic E-state index is -0.917. The number of hydrogen-bond acceptors (Lipinski definition) is 7. The third-order valence-corrected chi connectivity index (χ3v) is 5.48. The molecule has 1 atom stereocenters. The van der Waals surface area contributed by atoms with Gasteiger partial charge in [0.25, 0.3) is 5.91 Å². The fourth-order valence-corrected chi connectivity index (χ4v) is 3.52. The van der Waals surface area contributed by atoms with Gasteiger partial charge in [-0.25, -0.2) is 5.43 Å². The first-order valence-corrected chi connectivity index (χ1v) is 12.1. The van der Waals surface area contributed by atoms with Crippen molar-refractivity contribution >= 4 is 29.6 Å². The van der Waals surface area contributed by atoms with Crippen LogP contribution in [0.3, 0.4) is 0 Å². The molecule has 0 saturated carbocycles. The van der Waals surface area contributed by atoms with Gasteiger partial charge in [-0.3, -0.25) is 14.4 Å². The van der Waals surface area contributed by atoms with Gasteiger partial charge in [-0.1, -0.05) is 18.2 Å². The number of nitrogens with zero attached hydrogens (tertiary/aromatic N) is 1. The van der Waals surface area contributed by atoms with E-state index in [1.54, 1.807) is 48.5 Å². The van der Waals surface area contributed by atoms with Crippen molar-refractivity contribution in [1.82, 2.24) is 10.7 Å². The summed E-state index contributed by atoms with van der Waals surface area (Å²) in [6, 6.07) is 22.7. The largest absolute Gasteiger partial charge is 0.484 e. The van der Waals surface area contributed by atoms with Gasteiger partial charge in [0.05, 0.1) is 12.3 Å². The summed E-state index contributed by atoms with van der Waals surface area (Å²) >= 11 is 0. The van der Waals surface area contributed by atoms with Crippen LogP contribution in [0.1, 0.15) is 18.4 Å². The van der Waals surface area contributed by atoms with Crippen molar-refractivity contribution in [3.05, 3.63) is 84.4 Å². The van der Waals surface area contributed by atoms with E-state index >= 15 is 0 Å². The van der Waals surface area contributed by atoms with Crippen LogP contribution in [0, 0.1) is 0 Å². The number of benzene rings is 3. The summed E-state index contributed by atoms with van der Waals surface area (Å²) in [5.74, 6) is -0.198. The number of hydrazone groups is 1. The second-order valence-electron chi connectivity index (χ2n) is 8.39. The molecule has 0 unspecified atom stereocenters. The van der Waals surface area contributed by atoms with E-state index in [1.807, 2.05) is 30.3 Å². The summed E-state index contributed by atoms with van der Waals surface area (Å²) in [5, 5.41) is 9.10. The highest BCUT2D eigenvalue weighted by Crippen LogP contribution is 2.22. The minimum absolute atomic E-state index is 0.0795. The Morgan fingerprint density at radius 3 is 2.32 bits per heavy atom. The molecule has 1 fully saturated rings. The van der Waals surface area contributed by atoms with Crippen molar-refractivity contribution in [2.24, 2.45) is 5.10 Å². The molecule has 196 valence electrons. The molecule has 4 rings (SSSR count). The molecule has 10 nitrogen and oxygen atoms in total. The molecule has 0 spiro atoms. The Morgan fingerprint density at radius 2 is 1.61 bits per heavy atom. The summed E-state index contributed by atoms with van der Waals surface area (Å²) in [6.07, 6.45) is 3.44. The smallest absolute Gasteiger partial charge is 0.329 e. The average Bonchev–Trinajstić information content (AvgIpc) is 3.47. The second kappa shape index (κ2) is 13.6. The number of nitrogens with one attached hydrogen (secondary N) is 3. The molecular formula is C28H28N4O6. The summed E-state index contributed by atoms with van der Waals surface area (Å²) in [7, 11) is 0. The van der Waals surface area contributed by atoms with Gasteiger partial charge in [0.2, 0.25) is 0 Å². The lowest BCUT2D eigenvalue weighted by Gasteiger charge is -2.11. The third kappa shape index (κ3) is 8.45. The standard InChI is InChI=1S/C28H28N4O6/c33-26(29-18-25-7-4-16-36-25)19-37-22-12-8-20(9-13-22)17-30-32-28(35)27(34)31-21-10-14-24(15-11-21)38-23-5-2-1-3-6-23/h1-3,5-6,8-15,17,25H,4,7,16,18-19H2,(H,29,33)(H,31,34)(H,32,35)/b30-17-/t25-/m1/s1. The minimum Gasteiger partial charge on any atom is -0.484 e. The third-order valence-electron chi connectivity index (χ3n) is 5.48. The Labute approximate surface area is 220 Å². The molecular weight excluding hydrogens is 488 g/mol. The lowest BCUT2D eigenvalue weighted by Crippen LogP contribution is -2.35. The number of carbonyl (C=O) groups excluding carboxylic acids is 3. The molecule has 10 heteroatoms. The van der Waals surface area contributed by atoms with Gasteiger partial charge in [0.15, 0.2) is 6.61 Å². The molecule has 0 aliphatic carbocycles. The SMILES string of the molecule is O=C(COc1ccc(/C=N\NC(=O)C(=O)Nc2ccc(Oc3ccccc3)cc2)cc1)NC[C@H]1CCCO1. The maximum Gasteiger partial charge on any atom is 0.329 e. The van der Waals surface area contributed by atoms with Gasteiger partial charge in [-0.05, 0) is 79.1 Å². The highest BCUT2D eigenvalue weighted by atomic mass is 16.5. The zero-order valence-corrected chi connectivity index (χ0v) is 20.6. The van der Waals surface area contributed by atoms with E-state index in [2.05, 4.69) is 21.2 Å².